The summed E-state index contributed by atoms with van der Waals surface area (Å²) in [6.45, 7) is 8.32. The largest absolute Gasteiger partial charge is 0.352 e. The zero-order valence-corrected chi connectivity index (χ0v) is 14.8. The summed E-state index contributed by atoms with van der Waals surface area (Å²) < 4.78 is 0. The van der Waals surface area contributed by atoms with Crippen molar-refractivity contribution in [1.82, 2.24) is 10.2 Å². The highest BCUT2D eigenvalue weighted by Gasteiger charge is 2.24. The fourth-order valence-corrected chi connectivity index (χ4v) is 2.91. The number of hydrogen-bond donors (Lipinski definition) is 1. The number of anilines is 1. The Morgan fingerprint density at radius 1 is 1.29 bits per heavy atom. The number of benzene rings is 1. The number of nitrogens with one attached hydrogen (secondary N) is 1. The Kier molecular flexibility index (Phi) is 5.59. The van der Waals surface area contributed by atoms with Crippen LogP contribution in [0.25, 0.3) is 0 Å². The van der Waals surface area contributed by atoms with Crippen LogP contribution in [0, 0.1) is 0 Å². The molecule has 6 heteroatoms. The molecule has 1 aliphatic rings. The molecule has 0 aromatic heterocycles. The van der Waals surface area contributed by atoms with E-state index in [4.69, 9.17) is 0 Å². The molecule has 1 aromatic rings. The maximum atomic E-state index is 12.7. The Bertz CT molecular complexity index is 655. The summed E-state index contributed by atoms with van der Waals surface area (Å²) in [7, 11) is 0. The molecule has 0 radical (unpaired) electrons. The molecule has 0 spiro atoms. The predicted molar refractivity (Wildman–Crippen MR) is 93.0 cm³/mol. The van der Waals surface area contributed by atoms with Gasteiger partial charge in [-0.3, -0.25) is 14.4 Å². The van der Waals surface area contributed by atoms with Crippen LogP contribution in [0.3, 0.4) is 0 Å². The normalized spacial score (nSPS) is 13.0. The number of likely N-dealkylation sites (N-methyl/N-ethyl adjacent to an activating group) is 1. The lowest BCUT2D eigenvalue weighted by atomic mass is 10.1. The van der Waals surface area contributed by atoms with E-state index < -0.39 is 0 Å². The van der Waals surface area contributed by atoms with Crippen LogP contribution in [-0.4, -0.2) is 48.3 Å². The molecule has 6 nitrogen and oxygen atoms in total. The average Bonchev–Trinajstić information content (AvgIpc) is 2.94. The van der Waals surface area contributed by atoms with Crippen molar-refractivity contribution in [3.63, 3.8) is 0 Å². The van der Waals surface area contributed by atoms with Crippen LogP contribution in [0.1, 0.15) is 43.6 Å². The first-order valence-electron chi connectivity index (χ1n) is 8.33. The molecular weight excluding hydrogens is 306 g/mol. The summed E-state index contributed by atoms with van der Waals surface area (Å²) in [5, 5.41) is 2.80. The van der Waals surface area contributed by atoms with Crippen molar-refractivity contribution in [2.75, 3.05) is 24.5 Å². The van der Waals surface area contributed by atoms with Crippen molar-refractivity contribution in [3.8, 4) is 0 Å². The van der Waals surface area contributed by atoms with E-state index in [2.05, 4.69) is 5.32 Å². The van der Waals surface area contributed by atoms with E-state index in [9.17, 15) is 14.4 Å². The summed E-state index contributed by atoms with van der Waals surface area (Å²) in [4.78, 5) is 39.4. The third kappa shape index (κ3) is 3.93. The van der Waals surface area contributed by atoms with Gasteiger partial charge in [0.2, 0.25) is 11.8 Å². The van der Waals surface area contributed by atoms with Gasteiger partial charge < -0.3 is 15.1 Å². The molecule has 1 N–H and O–H groups in total. The van der Waals surface area contributed by atoms with E-state index in [1.165, 1.54) is 4.90 Å². The van der Waals surface area contributed by atoms with Crippen molar-refractivity contribution < 1.29 is 14.4 Å². The summed E-state index contributed by atoms with van der Waals surface area (Å²) in [6.07, 6.45) is 0.746. The molecule has 3 amide bonds. The van der Waals surface area contributed by atoms with E-state index in [0.29, 0.717) is 18.7 Å². The lowest BCUT2D eigenvalue weighted by molar-refractivity contribution is -0.122. The smallest absolute Gasteiger partial charge is 0.254 e. The highest BCUT2D eigenvalue weighted by Crippen LogP contribution is 2.29. The van der Waals surface area contributed by atoms with Gasteiger partial charge in [-0.15, -0.1) is 0 Å². The molecule has 1 aromatic carbocycles. The van der Waals surface area contributed by atoms with E-state index in [0.717, 1.165) is 17.7 Å². The van der Waals surface area contributed by atoms with Gasteiger partial charge in [0.05, 0.1) is 6.54 Å². The van der Waals surface area contributed by atoms with Gasteiger partial charge in [0.1, 0.15) is 0 Å². The highest BCUT2D eigenvalue weighted by atomic mass is 16.2. The first kappa shape index (κ1) is 18.0. The number of fused-ring (bicyclic) bond motifs is 1. The molecule has 0 saturated carbocycles. The second-order valence-corrected chi connectivity index (χ2v) is 6.31. The molecule has 0 fully saturated rings. The van der Waals surface area contributed by atoms with Crippen molar-refractivity contribution >= 4 is 23.4 Å². The van der Waals surface area contributed by atoms with Crippen LogP contribution >= 0.6 is 0 Å². The van der Waals surface area contributed by atoms with Crippen LogP contribution in [0.5, 0.6) is 0 Å². The number of hydrogen-bond acceptors (Lipinski definition) is 3. The molecule has 0 atom stereocenters. The summed E-state index contributed by atoms with van der Waals surface area (Å²) in [5.74, 6) is -0.321. The maximum absolute atomic E-state index is 12.7. The number of carbonyl (C=O) groups excluding carboxylic acids is 3. The quantitative estimate of drug-likeness (QED) is 0.890. The summed E-state index contributed by atoms with van der Waals surface area (Å²) >= 11 is 0. The van der Waals surface area contributed by atoms with Crippen molar-refractivity contribution in [1.29, 1.82) is 0 Å². The maximum Gasteiger partial charge on any atom is 0.254 e. The number of nitrogens with zero attached hydrogens (tertiary/aromatic N) is 2. The lowest BCUT2D eigenvalue weighted by Gasteiger charge is -2.22. The number of carbonyl (C=O) groups is 3. The van der Waals surface area contributed by atoms with Gasteiger partial charge in [-0.05, 0) is 51.0 Å². The van der Waals surface area contributed by atoms with Crippen LogP contribution in [0.4, 0.5) is 5.69 Å². The van der Waals surface area contributed by atoms with Crippen molar-refractivity contribution in [2.45, 2.75) is 40.2 Å². The topological polar surface area (TPSA) is 69.7 Å². The fraction of sp³-hybridized carbons (Fsp3) is 0.500. The Hall–Kier alpha value is -2.37. The Labute approximate surface area is 142 Å². The summed E-state index contributed by atoms with van der Waals surface area (Å²) in [6, 6.07) is 5.43. The molecule has 24 heavy (non-hydrogen) atoms. The van der Waals surface area contributed by atoms with E-state index in [-0.39, 0.29) is 30.3 Å². The van der Waals surface area contributed by atoms with Crippen LogP contribution < -0.4 is 10.2 Å². The van der Waals surface area contributed by atoms with Gasteiger partial charge in [0, 0.05) is 37.3 Å². The van der Waals surface area contributed by atoms with Crippen molar-refractivity contribution in [3.05, 3.63) is 29.3 Å². The zero-order chi connectivity index (χ0) is 17.9. The first-order valence-corrected chi connectivity index (χ1v) is 8.33. The van der Waals surface area contributed by atoms with Gasteiger partial charge in [-0.1, -0.05) is 0 Å². The SMILES string of the molecule is CCN(CC(=O)NC(C)C)C(=O)c1ccc2c(c1)CCN2C(C)=O. The zero-order valence-electron chi connectivity index (χ0n) is 14.8. The molecule has 0 saturated heterocycles. The van der Waals surface area contributed by atoms with Crippen molar-refractivity contribution in [2.24, 2.45) is 0 Å². The second kappa shape index (κ2) is 7.47. The molecular formula is C18H25N3O3. The van der Waals surface area contributed by atoms with E-state index >= 15 is 0 Å². The van der Waals surface area contributed by atoms with Crippen LogP contribution in [-0.2, 0) is 16.0 Å². The standard InChI is InChI=1S/C18H25N3O3/c1-5-20(11-17(23)19-12(2)3)18(24)15-6-7-16-14(10-15)8-9-21(16)13(4)22/h6-7,10,12H,5,8-9,11H2,1-4H3,(H,19,23). The minimum Gasteiger partial charge on any atom is -0.352 e. The molecule has 0 unspecified atom stereocenters. The van der Waals surface area contributed by atoms with Gasteiger partial charge >= 0.3 is 0 Å². The molecule has 1 aliphatic heterocycles. The number of rotatable bonds is 5. The van der Waals surface area contributed by atoms with Gasteiger partial charge in [0.25, 0.3) is 5.91 Å². The molecule has 1 heterocycles. The first-order chi connectivity index (χ1) is 11.3. The minimum atomic E-state index is -0.166. The van der Waals surface area contributed by atoms with Crippen LogP contribution in [0.2, 0.25) is 0 Å². The van der Waals surface area contributed by atoms with E-state index in [1.54, 1.807) is 17.9 Å². The Morgan fingerprint density at radius 3 is 2.58 bits per heavy atom. The average molecular weight is 331 g/mol. The molecule has 2 rings (SSSR count). The predicted octanol–water partition coefficient (Wildman–Crippen LogP) is 1.58. The molecule has 0 aliphatic carbocycles. The Morgan fingerprint density at radius 2 is 2.00 bits per heavy atom. The van der Waals surface area contributed by atoms with Gasteiger partial charge in [-0.25, -0.2) is 0 Å². The monoisotopic (exact) mass is 331 g/mol. The second-order valence-electron chi connectivity index (χ2n) is 6.31. The summed E-state index contributed by atoms with van der Waals surface area (Å²) in [5.41, 5.74) is 2.43. The molecule has 130 valence electrons. The lowest BCUT2D eigenvalue weighted by Crippen LogP contribution is -2.42. The fourth-order valence-electron chi connectivity index (χ4n) is 2.91. The highest BCUT2D eigenvalue weighted by molar-refractivity contribution is 5.99. The minimum absolute atomic E-state index is 0.00775. The third-order valence-electron chi connectivity index (χ3n) is 4.06. The third-order valence-corrected chi connectivity index (χ3v) is 4.06. The number of amides is 3. The van der Waals surface area contributed by atoms with E-state index in [1.807, 2.05) is 32.9 Å². The van der Waals surface area contributed by atoms with Crippen LogP contribution in [0.15, 0.2) is 18.2 Å². The van der Waals surface area contributed by atoms with Gasteiger partial charge in [0.15, 0.2) is 0 Å². The van der Waals surface area contributed by atoms with Gasteiger partial charge in [-0.2, -0.15) is 0 Å². The molecule has 0 bridgehead atoms. The Balaban J connectivity index is 2.14.